The SMILES string of the molecule is O=Cc1nc(-c2ccncc2)ccc1Cl. The maximum Gasteiger partial charge on any atom is 0.169 e. The van der Waals surface area contributed by atoms with E-state index in [0.717, 1.165) is 5.56 Å². The predicted molar refractivity (Wildman–Crippen MR) is 57.9 cm³/mol. The Morgan fingerprint density at radius 2 is 1.87 bits per heavy atom. The molecule has 0 amide bonds. The van der Waals surface area contributed by atoms with Crippen molar-refractivity contribution in [3.05, 3.63) is 47.4 Å². The second-order valence-corrected chi connectivity index (χ2v) is 3.32. The van der Waals surface area contributed by atoms with Gasteiger partial charge in [-0.25, -0.2) is 4.98 Å². The fraction of sp³-hybridized carbons (Fsp3) is 0. The molecule has 0 atom stereocenters. The Morgan fingerprint density at radius 3 is 2.53 bits per heavy atom. The molecule has 0 spiro atoms. The van der Waals surface area contributed by atoms with E-state index in [2.05, 4.69) is 9.97 Å². The van der Waals surface area contributed by atoms with E-state index >= 15 is 0 Å². The van der Waals surface area contributed by atoms with Crippen LogP contribution in [0.15, 0.2) is 36.7 Å². The Bertz CT molecular complexity index is 485. The van der Waals surface area contributed by atoms with Gasteiger partial charge < -0.3 is 0 Å². The first kappa shape index (κ1) is 9.80. The molecular weight excluding hydrogens is 212 g/mol. The van der Waals surface area contributed by atoms with E-state index in [9.17, 15) is 4.79 Å². The van der Waals surface area contributed by atoms with Gasteiger partial charge in [0.15, 0.2) is 6.29 Å². The van der Waals surface area contributed by atoms with E-state index < -0.39 is 0 Å². The lowest BCUT2D eigenvalue weighted by Crippen LogP contribution is -1.91. The van der Waals surface area contributed by atoms with Gasteiger partial charge in [-0.3, -0.25) is 9.78 Å². The molecule has 0 bridgehead atoms. The normalized spacial score (nSPS) is 9.93. The standard InChI is InChI=1S/C11H7ClN2O/c12-9-1-2-10(14-11(9)7-15)8-3-5-13-6-4-8/h1-7H. The van der Waals surface area contributed by atoms with Gasteiger partial charge in [0.25, 0.3) is 0 Å². The van der Waals surface area contributed by atoms with Gasteiger partial charge in [-0.15, -0.1) is 0 Å². The number of nitrogens with zero attached hydrogens (tertiary/aromatic N) is 2. The van der Waals surface area contributed by atoms with Crippen LogP contribution in [0.25, 0.3) is 11.3 Å². The zero-order valence-electron chi connectivity index (χ0n) is 7.72. The van der Waals surface area contributed by atoms with Crippen molar-refractivity contribution in [1.82, 2.24) is 9.97 Å². The zero-order chi connectivity index (χ0) is 10.7. The van der Waals surface area contributed by atoms with Gasteiger partial charge in [-0.05, 0) is 24.3 Å². The number of aromatic nitrogens is 2. The maximum atomic E-state index is 10.7. The minimum Gasteiger partial charge on any atom is -0.296 e. The van der Waals surface area contributed by atoms with Crippen LogP contribution < -0.4 is 0 Å². The van der Waals surface area contributed by atoms with Crippen molar-refractivity contribution in [2.24, 2.45) is 0 Å². The van der Waals surface area contributed by atoms with Gasteiger partial charge >= 0.3 is 0 Å². The van der Waals surface area contributed by atoms with Crippen LogP contribution in [0.2, 0.25) is 5.02 Å². The molecule has 0 unspecified atom stereocenters. The van der Waals surface area contributed by atoms with Crippen LogP contribution >= 0.6 is 11.6 Å². The van der Waals surface area contributed by atoms with Crippen molar-refractivity contribution < 1.29 is 4.79 Å². The van der Waals surface area contributed by atoms with Crippen molar-refractivity contribution in [3.8, 4) is 11.3 Å². The van der Waals surface area contributed by atoms with Crippen LogP contribution in [0.3, 0.4) is 0 Å². The second-order valence-electron chi connectivity index (χ2n) is 2.92. The third-order valence-electron chi connectivity index (χ3n) is 1.96. The second kappa shape index (κ2) is 4.19. The average Bonchev–Trinajstić information content (AvgIpc) is 2.31. The molecule has 2 aromatic rings. The average molecular weight is 219 g/mol. The fourth-order valence-corrected chi connectivity index (χ4v) is 1.37. The van der Waals surface area contributed by atoms with E-state index in [0.29, 0.717) is 17.0 Å². The molecule has 0 aliphatic heterocycles. The summed E-state index contributed by atoms with van der Waals surface area (Å²) in [6.45, 7) is 0. The summed E-state index contributed by atoms with van der Waals surface area (Å²) < 4.78 is 0. The number of carbonyl (C=O) groups excluding carboxylic acids is 1. The Morgan fingerprint density at radius 1 is 1.13 bits per heavy atom. The molecule has 15 heavy (non-hydrogen) atoms. The fourth-order valence-electron chi connectivity index (χ4n) is 1.22. The Hall–Kier alpha value is -1.74. The highest BCUT2D eigenvalue weighted by molar-refractivity contribution is 6.32. The molecule has 0 fully saturated rings. The molecule has 2 aromatic heterocycles. The van der Waals surface area contributed by atoms with Gasteiger partial charge in [0.2, 0.25) is 0 Å². The monoisotopic (exact) mass is 218 g/mol. The van der Waals surface area contributed by atoms with E-state index in [1.54, 1.807) is 24.5 Å². The van der Waals surface area contributed by atoms with Crippen LogP contribution in [-0.2, 0) is 0 Å². The van der Waals surface area contributed by atoms with Crippen molar-refractivity contribution >= 4 is 17.9 Å². The molecule has 0 radical (unpaired) electrons. The first-order valence-electron chi connectivity index (χ1n) is 4.33. The summed E-state index contributed by atoms with van der Waals surface area (Å²) in [5, 5.41) is 0.364. The highest BCUT2D eigenvalue weighted by atomic mass is 35.5. The molecule has 2 rings (SSSR count). The lowest BCUT2D eigenvalue weighted by molar-refractivity contribution is 0.111. The molecule has 4 heteroatoms. The van der Waals surface area contributed by atoms with Crippen molar-refractivity contribution in [2.45, 2.75) is 0 Å². The lowest BCUT2D eigenvalue weighted by atomic mass is 10.2. The number of aldehydes is 1. The molecule has 0 aromatic carbocycles. The summed E-state index contributed by atoms with van der Waals surface area (Å²) in [7, 11) is 0. The number of halogens is 1. The molecular formula is C11H7ClN2O. The number of carbonyl (C=O) groups is 1. The maximum absolute atomic E-state index is 10.7. The highest BCUT2D eigenvalue weighted by Crippen LogP contribution is 2.19. The Labute approximate surface area is 91.8 Å². The predicted octanol–water partition coefficient (Wildman–Crippen LogP) is 2.61. The summed E-state index contributed by atoms with van der Waals surface area (Å²) in [6.07, 6.45) is 3.99. The van der Waals surface area contributed by atoms with Crippen LogP contribution in [0.1, 0.15) is 10.5 Å². The van der Waals surface area contributed by atoms with Gasteiger partial charge in [-0.2, -0.15) is 0 Å². The first-order valence-corrected chi connectivity index (χ1v) is 4.71. The third kappa shape index (κ3) is 2.02. The molecule has 0 aliphatic rings. The topological polar surface area (TPSA) is 42.9 Å². The molecule has 0 aliphatic carbocycles. The minimum atomic E-state index is 0.256. The molecule has 0 N–H and O–H groups in total. The third-order valence-corrected chi connectivity index (χ3v) is 2.28. The van der Waals surface area contributed by atoms with Gasteiger partial charge in [-0.1, -0.05) is 11.6 Å². The van der Waals surface area contributed by atoms with Crippen molar-refractivity contribution in [1.29, 1.82) is 0 Å². The quantitative estimate of drug-likeness (QED) is 0.728. The summed E-state index contributed by atoms with van der Waals surface area (Å²) >= 11 is 5.78. The van der Waals surface area contributed by atoms with E-state index in [1.165, 1.54) is 0 Å². The zero-order valence-corrected chi connectivity index (χ0v) is 8.48. The van der Waals surface area contributed by atoms with Gasteiger partial charge in [0, 0.05) is 18.0 Å². The van der Waals surface area contributed by atoms with Crippen LogP contribution in [-0.4, -0.2) is 16.3 Å². The number of pyridine rings is 2. The molecule has 74 valence electrons. The van der Waals surface area contributed by atoms with E-state index in [-0.39, 0.29) is 5.69 Å². The highest BCUT2D eigenvalue weighted by Gasteiger charge is 2.04. The summed E-state index contributed by atoms with van der Waals surface area (Å²) in [5.74, 6) is 0. The first-order chi connectivity index (χ1) is 7.31. The van der Waals surface area contributed by atoms with Crippen LogP contribution in [0.5, 0.6) is 0 Å². The van der Waals surface area contributed by atoms with Gasteiger partial charge in [0.1, 0.15) is 5.69 Å². The Balaban J connectivity index is 2.51. The molecule has 3 nitrogen and oxygen atoms in total. The van der Waals surface area contributed by atoms with E-state index in [4.69, 9.17) is 11.6 Å². The lowest BCUT2D eigenvalue weighted by Gasteiger charge is -2.01. The number of rotatable bonds is 2. The molecule has 2 heterocycles. The summed E-state index contributed by atoms with van der Waals surface area (Å²) in [6, 6.07) is 7.08. The number of hydrogen-bond donors (Lipinski definition) is 0. The minimum absolute atomic E-state index is 0.256. The van der Waals surface area contributed by atoms with Crippen LogP contribution in [0, 0.1) is 0 Å². The largest absolute Gasteiger partial charge is 0.296 e. The van der Waals surface area contributed by atoms with Crippen molar-refractivity contribution in [3.63, 3.8) is 0 Å². The molecule has 0 saturated heterocycles. The smallest absolute Gasteiger partial charge is 0.169 e. The van der Waals surface area contributed by atoms with Crippen molar-refractivity contribution in [2.75, 3.05) is 0 Å². The Kier molecular flexibility index (Phi) is 2.74. The van der Waals surface area contributed by atoms with Crippen LogP contribution in [0.4, 0.5) is 0 Å². The molecule has 0 saturated carbocycles. The summed E-state index contributed by atoms with van der Waals surface area (Å²) in [4.78, 5) is 18.7. The number of hydrogen-bond acceptors (Lipinski definition) is 3. The van der Waals surface area contributed by atoms with Gasteiger partial charge in [0.05, 0.1) is 10.7 Å². The van der Waals surface area contributed by atoms with E-state index in [1.807, 2.05) is 12.1 Å². The summed E-state index contributed by atoms with van der Waals surface area (Å²) in [5.41, 5.74) is 1.87.